The van der Waals surface area contributed by atoms with E-state index in [1.165, 1.54) is 12.1 Å². The Labute approximate surface area is 159 Å². The second-order valence-electron chi connectivity index (χ2n) is 6.07. The van der Waals surface area contributed by atoms with Gasteiger partial charge in [0.25, 0.3) is 0 Å². The number of nitrogens with two attached hydrogens (primary N) is 1. The van der Waals surface area contributed by atoms with Crippen LogP contribution < -0.4 is 11.1 Å². The van der Waals surface area contributed by atoms with E-state index in [2.05, 4.69) is 20.3 Å². The van der Waals surface area contributed by atoms with Gasteiger partial charge in [0, 0.05) is 6.07 Å². The average molecular weight is 385 g/mol. The summed E-state index contributed by atoms with van der Waals surface area (Å²) >= 11 is 0. The van der Waals surface area contributed by atoms with Crippen LogP contribution in [0.3, 0.4) is 0 Å². The first-order valence-corrected chi connectivity index (χ1v) is 8.67. The Hall–Kier alpha value is -3.53. The molecule has 1 atom stereocenters. The minimum absolute atomic E-state index is 0.00484. The summed E-state index contributed by atoms with van der Waals surface area (Å²) in [5, 5.41) is 21.4. The van der Waals surface area contributed by atoms with E-state index in [4.69, 9.17) is 10.5 Å². The summed E-state index contributed by atoms with van der Waals surface area (Å²) in [5.41, 5.74) is 6.77. The molecule has 3 aromatic rings. The number of nitrogens with one attached hydrogen (secondary N) is 1. The second kappa shape index (κ2) is 8.91. The van der Waals surface area contributed by atoms with E-state index >= 15 is 0 Å². The number of aromatic nitrogens is 2. The molecule has 0 bridgehead atoms. The monoisotopic (exact) mass is 385 g/mol. The molecule has 146 valence electrons. The first kappa shape index (κ1) is 19.2. The highest BCUT2D eigenvalue weighted by molar-refractivity contribution is 5.94. The molecule has 2 aromatic carbocycles. The van der Waals surface area contributed by atoms with E-state index in [-0.39, 0.29) is 23.3 Å². The van der Waals surface area contributed by atoms with Gasteiger partial charge in [-0.1, -0.05) is 30.3 Å². The fraction of sp³-hybridized carbons (Fsp3) is 0.278. The Morgan fingerprint density at radius 3 is 2.68 bits per heavy atom. The zero-order chi connectivity index (χ0) is 19.9. The summed E-state index contributed by atoms with van der Waals surface area (Å²) in [4.78, 5) is 23.1. The van der Waals surface area contributed by atoms with E-state index in [1.54, 1.807) is 0 Å². The third-order valence-electron chi connectivity index (χ3n) is 4.13. The third-order valence-corrected chi connectivity index (χ3v) is 4.13. The van der Waals surface area contributed by atoms with E-state index < -0.39 is 16.9 Å². The number of anilines is 1. The smallest absolute Gasteiger partial charge is 0.328 e. The molecule has 0 aliphatic rings. The largest absolute Gasteiger partial charge is 0.459 e. The van der Waals surface area contributed by atoms with E-state index in [0.29, 0.717) is 25.1 Å². The van der Waals surface area contributed by atoms with Gasteiger partial charge in [0.2, 0.25) is 5.52 Å². The van der Waals surface area contributed by atoms with Crippen molar-refractivity contribution in [1.82, 2.24) is 10.3 Å². The lowest BCUT2D eigenvalue weighted by Crippen LogP contribution is -2.32. The first-order valence-electron chi connectivity index (χ1n) is 8.67. The molecule has 3 rings (SSSR count). The topological polar surface area (TPSA) is 146 Å². The van der Waals surface area contributed by atoms with Gasteiger partial charge in [-0.3, -0.25) is 10.1 Å². The van der Waals surface area contributed by atoms with Crippen LogP contribution in [0.15, 0.2) is 47.1 Å². The van der Waals surface area contributed by atoms with Crippen molar-refractivity contribution >= 4 is 28.4 Å². The van der Waals surface area contributed by atoms with Crippen LogP contribution >= 0.6 is 0 Å². The molecule has 0 amide bonds. The van der Waals surface area contributed by atoms with E-state index in [0.717, 1.165) is 5.56 Å². The number of hydrogen-bond donors (Lipinski definition) is 2. The highest BCUT2D eigenvalue weighted by Crippen LogP contribution is 2.29. The van der Waals surface area contributed by atoms with E-state index in [9.17, 15) is 14.9 Å². The third kappa shape index (κ3) is 4.41. The van der Waals surface area contributed by atoms with Crippen molar-refractivity contribution in [2.45, 2.75) is 25.5 Å². The van der Waals surface area contributed by atoms with E-state index in [1.807, 2.05) is 30.3 Å². The fourth-order valence-corrected chi connectivity index (χ4v) is 2.71. The number of carbonyl (C=O) groups excluding carboxylic acids is 1. The number of nitro groups is 1. The molecule has 3 N–H and O–H groups in total. The summed E-state index contributed by atoms with van der Waals surface area (Å²) in [7, 11) is 0. The van der Waals surface area contributed by atoms with Gasteiger partial charge in [-0.05, 0) is 41.3 Å². The molecule has 0 unspecified atom stereocenters. The lowest BCUT2D eigenvalue weighted by atomic mass is 10.1. The van der Waals surface area contributed by atoms with Crippen LogP contribution in [0.2, 0.25) is 0 Å². The average Bonchev–Trinajstić information content (AvgIpc) is 3.20. The van der Waals surface area contributed by atoms with Crippen LogP contribution in [0, 0.1) is 10.1 Å². The molecular weight excluding hydrogens is 366 g/mol. The summed E-state index contributed by atoms with van der Waals surface area (Å²) in [6.07, 6.45) is 1.01. The van der Waals surface area contributed by atoms with Gasteiger partial charge in [0.05, 0.1) is 10.6 Å². The predicted octanol–water partition coefficient (Wildman–Crippen LogP) is 2.39. The standard InChI is InChI=1S/C18H19N5O5/c19-10-4-7-14(18(24)27-11-12-5-2-1-3-6-12)20-13-8-9-15(23(25)26)17-16(13)21-28-22-17/h1-3,5-6,8-9,14,20H,4,7,10-11,19H2/t14-/m0/s1. The molecule has 0 radical (unpaired) electrons. The van der Waals surface area contributed by atoms with Crippen LogP contribution in [0.1, 0.15) is 18.4 Å². The molecule has 0 spiro atoms. The molecule has 1 aromatic heterocycles. The number of esters is 1. The molecule has 28 heavy (non-hydrogen) atoms. The molecule has 0 aliphatic heterocycles. The zero-order valence-electron chi connectivity index (χ0n) is 14.9. The van der Waals surface area contributed by atoms with Gasteiger partial charge in [-0.2, -0.15) is 0 Å². The van der Waals surface area contributed by atoms with Crippen molar-refractivity contribution in [1.29, 1.82) is 0 Å². The number of nitro benzene ring substituents is 1. The normalized spacial score (nSPS) is 11.9. The molecule has 0 aliphatic carbocycles. The van der Waals surface area contributed by atoms with Gasteiger partial charge in [-0.25, -0.2) is 9.42 Å². The quantitative estimate of drug-likeness (QED) is 0.322. The Balaban J connectivity index is 1.78. The maximum absolute atomic E-state index is 12.6. The molecule has 0 saturated heterocycles. The number of rotatable bonds is 9. The van der Waals surface area contributed by atoms with Crippen LogP contribution in [0.25, 0.3) is 11.0 Å². The number of nitrogens with zero attached hydrogens (tertiary/aromatic N) is 3. The minimum Gasteiger partial charge on any atom is -0.459 e. The Kier molecular flexibility index (Phi) is 6.12. The maximum atomic E-state index is 12.6. The summed E-state index contributed by atoms with van der Waals surface area (Å²) in [5.74, 6) is -0.458. The molecule has 1 heterocycles. The summed E-state index contributed by atoms with van der Waals surface area (Å²) in [6.45, 7) is 0.549. The van der Waals surface area contributed by atoms with Crippen LogP contribution in [-0.4, -0.2) is 33.8 Å². The Morgan fingerprint density at radius 1 is 1.21 bits per heavy atom. The number of carbonyl (C=O) groups is 1. The molecule has 0 saturated carbocycles. The van der Waals surface area contributed by atoms with Crippen LogP contribution in [0.4, 0.5) is 11.4 Å². The van der Waals surface area contributed by atoms with Crippen molar-refractivity contribution < 1.29 is 19.1 Å². The van der Waals surface area contributed by atoms with Crippen molar-refractivity contribution in [2.24, 2.45) is 5.73 Å². The first-order chi connectivity index (χ1) is 13.6. The zero-order valence-corrected chi connectivity index (χ0v) is 14.9. The number of non-ortho nitro benzene ring substituents is 1. The number of benzene rings is 2. The van der Waals surface area contributed by atoms with Crippen molar-refractivity contribution in [3.05, 3.63) is 58.1 Å². The van der Waals surface area contributed by atoms with Gasteiger partial charge in [-0.15, -0.1) is 0 Å². The predicted molar refractivity (Wildman–Crippen MR) is 100 cm³/mol. The summed E-state index contributed by atoms with van der Waals surface area (Å²) < 4.78 is 10.0. The van der Waals surface area contributed by atoms with Crippen LogP contribution in [0.5, 0.6) is 0 Å². The minimum atomic E-state index is -0.700. The lowest BCUT2D eigenvalue weighted by Gasteiger charge is -2.18. The van der Waals surface area contributed by atoms with Gasteiger partial charge in [0.1, 0.15) is 12.6 Å². The maximum Gasteiger partial charge on any atom is 0.328 e. The number of hydrogen-bond acceptors (Lipinski definition) is 9. The van der Waals surface area contributed by atoms with Crippen molar-refractivity contribution in [3.63, 3.8) is 0 Å². The fourth-order valence-electron chi connectivity index (χ4n) is 2.71. The molecule has 10 nitrogen and oxygen atoms in total. The van der Waals surface area contributed by atoms with Crippen molar-refractivity contribution in [3.8, 4) is 0 Å². The highest BCUT2D eigenvalue weighted by Gasteiger charge is 2.24. The Bertz CT molecular complexity index is 959. The van der Waals surface area contributed by atoms with Crippen molar-refractivity contribution in [2.75, 3.05) is 11.9 Å². The number of ether oxygens (including phenoxy) is 1. The molecule has 0 fully saturated rings. The number of fused-ring (bicyclic) bond motifs is 1. The Morgan fingerprint density at radius 2 is 1.96 bits per heavy atom. The van der Waals surface area contributed by atoms with Gasteiger partial charge < -0.3 is 15.8 Å². The van der Waals surface area contributed by atoms with Gasteiger partial charge in [0.15, 0.2) is 5.52 Å². The SMILES string of the molecule is NCCC[C@H](Nc1ccc([N+](=O)[O-])c2nonc12)C(=O)OCc1ccccc1. The van der Waals surface area contributed by atoms with Crippen LogP contribution in [-0.2, 0) is 16.1 Å². The summed E-state index contributed by atoms with van der Waals surface area (Å²) in [6, 6.07) is 11.4. The molecule has 10 heteroatoms. The second-order valence-corrected chi connectivity index (χ2v) is 6.07. The molecular formula is C18H19N5O5. The lowest BCUT2D eigenvalue weighted by molar-refractivity contribution is -0.383. The highest BCUT2D eigenvalue weighted by atomic mass is 16.6. The van der Waals surface area contributed by atoms with Gasteiger partial charge >= 0.3 is 11.7 Å².